The van der Waals surface area contributed by atoms with E-state index in [1.54, 1.807) is 6.08 Å². The largest absolute Gasteiger partial charge is 0.394 e. The maximum atomic E-state index is 12.5. The van der Waals surface area contributed by atoms with Crippen LogP contribution < -0.4 is 5.32 Å². The van der Waals surface area contributed by atoms with Crippen molar-refractivity contribution < 1.29 is 15.0 Å². The summed E-state index contributed by atoms with van der Waals surface area (Å²) in [6, 6.07) is -0.659. The molecule has 0 aliphatic heterocycles. The molecule has 0 heterocycles. The zero-order valence-electron chi connectivity index (χ0n) is 48.0. The molecule has 4 heteroatoms. The third kappa shape index (κ3) is 58.9. The molecule has 2 unspecified atom stereocenters. The molecule has 0 fully saturated rings. The van der Waals surface area contributed by atoms with Crippen LogP contribution in [-0.2, 0) is 4.79 Å². The quantitative estimate of drug-likeness (QED) is 0.0420. The summed E-state index contributed by atoms with van der Waals surface area (Å²) in [4.78, 5) is 12.5. The Balaban J connectivity index is 3.65. The number of carbonyl (C=O) groups excluding carboxylic acids is 1. The average Bonchev–Trinajstić information content (AvgIpc) is 3.40. The molecule has 4 nitrogen and oxygen atoms in total. The van der Waals surface area contributed by atoms with E-state index in [9.17, 15) is 15.0 Å². The minimum absolute atomic E-state index is 0.0881. The summed E-state index contributed by atoms with van der Waals surface area (Å²) in [5, 5.41) is 23.2. The SMILES string of the molecule is CC/C=C\C/C=C\C/C=C\C/C=C\C/C=C\C/C=C\C/C=C\C/C=C\C/C=C\C/C=C\CCCCCCCCCCCCC(=O)NC(CO)C(O)/C=C/CC/C=C/CC/C=C/CCCCCCCCCCCCC. The third-order valence-electron chi connectivity index (χ3n) is 13.0. The first-order chi connectivity index (χ1) is 36.7. The molecule has 0 aromatic heterocycles. The number of amides is 1. The Bertz CT molecular complexity index is 1580. The van der Waals surface area contributed by atoms with Crippen molar-refractivity contribution in [1.29, 1.82) is 0 Å². The monoisotopic (exact) mass is 1020 g/mol. The molecule has 3 N–H and O–H groups in total. The highest BCUT2D eigenvalue weighted by Gasteiger charge is 2.18. The molecule has 0 aliphatic carbocycles. The maximum Gasteiger partial charge on any atom is 0.220 e. The molecule has 0 spiro atoms. The predicted molar refractivity (Wildman–Crippen MR) is 331 cm³/mol. The second-order valence-electron chi connectivity index (χ2n) is 20.0. The Morgan fingerprint density at radius 2 is 0.608 bits per heavy atom. The number of aliphatic hydroxyl groups excluding tert-OH is 2. The van der Waals surface area contributed by atoms with Gasteiger partial charge in [-0.05, 0) is 122 Å². The number of allylic oxidation sites excluding steroid dienone is 25. The lowest BCUT2D eigenvalue weighted by atomic mass is 10.0. The molecule has 1 amide bonds. The summed E-state index contributed by atoms with van der Waals surface area (Å²) in [7, 11) is 0. The summed E-state index contributed by atoms with van der Waals surface area (Å²) in [6.45, 7) is 4.18. The summed E-state index contributed by atoms with van der Waals surface area (Å²) < 4.78 is 0. The van der Waals surface area contributed by atoms with Gasteiger partial charge >= 0.3 is 0 Å². The van der Waals surface area contributed by atoms with Crippen molar-refractivity contribution in [2.24, 2.45) is 0 Å². The Kier molecular flexibility index (Phi) is 59.9. The number of hydrogen-bond acceptors (Lipinski definition) is 3. The summed E-state index contributed by atoms with van der Waals surface area (Å²) in [6.07, 6.45) is 101. The summed E-state index contributed by atoms with van der Waals surface area (Å²) >= 11 is 0. The molecule has 0 bridgehead atoms. The standard InChI is InChI=1S/C70H115NO3/c1-3-5-7-9-11-13-15-17-19-21-23-25-26-27-28-29-30-31-32-33-34-35-36-37-38-39-40-41-42-43-44-46-48-50-52-54-56-58-60-62-64-66-70(74)71-68(67-72)69(73)65-63-61-59-57-55-53-51-49-47-45-24-22-20-18-16-14-12-10-8-6-4-2/h5,7,11,13,17,19,23,25,27-28,30-31,33-34,36-37,39-40,42-43,47,49,55,57,63,65,68-69,72-73H,3-4,6,8-10,12,14-16,18,20-22,24,26,29,32,35,38,41,44-46,48,50-54,56,58-62,64,66-67H2,1-2H3,(H,71,74)/b7-5-,13-11-,19-17-,25-23-,28-27-,31-30-,34-33-,37-36-,40-39-,43-42-,49-47+,57-55+,65-63+. The number of rotatable bonds is 54. The van der Waals surface area contributed by atoms with Crippen molar-refractivity contribution in [3.63, 3.8) is 0 Å². The number of nitrogens with one attached hydrogen (secondary N) is 1. The van der Waals surface area contributed by atoms with Crippen LogP contribution in [0.15, 0.2) is 158 Å². The molecule has 0 saturated heterocycles. The van der Waals surface area contributed by atoms with Crippen LogP contribution in [0.2, 0.25) is 0 Å². The highest BCUT2D eigenvalue weighted by atomic mass is 16.3. The zero-order valence-corrected chi connectivity index (χ0v) is 48.0. The zero-order chi connectivity index (χ0) is 53.4. The van der Waals surface area contributed by atoms with Gasteiger partial charge in [-0.25, -0.2) is 0 Å². The van der Waals surface area contributed by atoms with Gasteiger partial charge in [0, 0.05) is 6.42 Å². The Morgan fingerprint density at radius 1 is 0.338 bits per heavy atom. The van der Waals surface area contributed by atoms with Crippen LogP contribution in [0.1, 0.15) is 258 Å². The molecular formula is C70H115NO3. The van der Waals surface area contributed by atoms with Crippen LogP contribution in [0, 0.1) is 0 Å². The molecule has 0 aromatic carbocycles. The van der Waals surface area contributed by atoms with E-state index in [2.05, 4.69) is 165 Å². The lowest BCUT2D eigenvalue weighted by Crippen LogP contribution is -2.45. The third-order valence-corrected chi connectivity index (χ3v) is 13.0. The Morgan fingerprint density at radius 3 is 0.946 bits per heavy atom. The number of unbranched alkanes of at least 4 members (excludes halogenated alkanes) is 23. The van der Waals surface area contributed by atoms with E-state index in [1.165, 1.54) is 128 Å². The van der Waals surface area contributed by atoms with E-state index in [0.717, 1.165) is 109 Å². The summed E-state index contributed by atoms with van der Waals surface area (Å²) in [5.74, 6) is -0.0881. The second kappa shape index (κ2) is 63.3. The van der Waals surface area contributed by atoms with Crippen molar-refractivity contribution in [3.05, 3.63) is 158 Å². The van der Waals surface area contributed by atoms with Gasteiger partial charge in [0.15, 0.2) is 0 Å². The molecule has 0 saturated carbocycles. The highest BCUT2D eigenvalue weighted by Crippen LogP contribution is 2.14. The Labute approximate surface area is 458 Å². The van der Waals surface area contributed by atoms with Crippen molar-refractivity contribution >= 4 is 5.91 Å². The first-order valence-electron chi connectivity index (χ1n) is 30.7. The van der Waals surface area contributed by atoms with Crippen LogP contribution in [0.5, 0.6) is 0 Å². The minimum atomic E-state index is -0.883. The number of carbonyl (C=O) groups is 1. The first kappa shape index (κ1) is 70.0. The molecule has 0 rings (SSSR count). The van der Waals surface area contributed by atoms with Crippen molar-refractivity contribution in [2.45, 2.75) is 270 Å². The lowest BCUT2D eigenvalue weighted by Gasteiger charge is -2.19. The smallest absolute Gasteiger partial charge is 0.220 e. The van der Waals surface area contributed by atoms with Gasteiger partial charge in [0.05, 0.1) is 18.8 Å². The van der Waals surface area contributed by atoms with Gasteiger partial charge in [-0.15, -0.1) is 0 Å². The molecule has 0 aromatic rings. The van der Waals surface area contributed by atoms with Gasteiger partial charge in [0.2, 0.25) is 5.91 Å². The fourth-order valence-electron chi connectivity index (χ4n) is 8.36. The maximum absolute atomic E-state index is 12.5. The fourth-order valence-corrected chi connectivity index (χ4v) is 8.36. The van der Waals surface area contributed by atoms with Gasteiger partial charge in [-0.3, -0.25) is 4.79 Å². The first-order valence-corrected chi connectivity index (χ1v) is 30.7. The normalized spacial score (nSPS) is 13.9. The van der Waals surface area contributed by atoms with E-state index in [4.69, 9.17) is 0 Å². The van der Waals surface area contributed by atoms with Crippen LogP contribution in [-0.4, -0.2) is 34.9 Å². The number of aliphatic hydroxyl groups is 2. The topological polar surface area (TPSA) is 69.6 Å². The van der Waals surface area contributed by atoms with Crippen LogP contribution in [0.25, 0.3) is 0 Å². The summed E-state index contributed by atoms with van der Waals surface area (Å²) in [5.41, 5.74) is 0. The van der Waals surface area contributed by atoms with Crippen LogP contribution >= 0.6 is 0 Å². The lowest BCUT2D eigenvalue weighted by molar-refractivity contribution is -0.123. The van der Waals surface area contributed by atoms with Crippen molar-refractivity contribution in [2.75, 3.05) is 6.61 Å². The fraction of sp³-hybridized carbons (Fsp3) is 0.614. The van der Waals surface area contributed by atoms with Crippen molar-refractivity contribution in [1.82, 2.24) is 5.32 Å². The average molecular weight is 1020 g/mol. The molecule has 0 radical (unpaired) electrons. The van der Waals surface area contributed by atoms with Crippen LogP contribution in [0.3, 0.4) is 0 Å². The van der Waals surface area contributed by atoms with Gasteiger partial charge in [-0.1, -0.05) is 287 Å². The molecular weight excluding hydrogens is 903 g/mol. The van der Waals surface area contributed by atoms with E-state index >= 15 is 0 Å². The van der Waals surface area contributed by atoms with Gasteiger partial charge in [0.25, 0.3) is 0 Å². The second-order valence-corrected chi connectivity index (χ2v) is 20.0. The van der Waals surface area contributed by atoms with E-state index < -0.39 is 12.1 Å². The number of hydrogen-bond donors (Lipinski definition) is 3. The Hall–Kier alpha value is -3.99. The molecule has 74 heavy (non-hydrogen) atoms. The van der Waals surface area contributed by atoms with E-state index in [-0.39, 0.29) is 12.5 Å². The van der Waals surface area contributed by atoms with E-state index in [1.807, 2.05) is 6.08 Å². The van der Waals surface area contributed by atoms with Crippen molar-refractivity contribution in [3.8, 4) is 0 Å². The highest BCUT2D eigenvalue weighted by molar-refractivity contribution is 5.76. The molecule has 418 valence electrons. The molecule has 0 aliphatic rings. The predicted octanol–water partition coefficient (Wildman–Crippen LogP) is 20.9. The van der Waals surface area contributed by atoms with Gasteiger partial charge < -0.3 is 15.5 Å². The van der Waals surface area contributed by atoms with Gasteiger partial charge in [-0.2, -0.15) is 0 Å². The minimum Gasteiger partial charge on any atom is -0.394 e. The van der Waals surface area contributed by atoms with Crippen LogP contribution in [0.4, 0.5) is 0 Å². The van der Waals surface area contributed by atoms with E-state index in [0.29, 0.717) is 6.42 Å². The van der Waals surface area contributed by atoms with Gasteiger partial charge in [0.1, 0.15) is 0 Å². The molecule has 2 atom stereocenters.